The normalized spacial score (nSPS) is 22.8. The van der Waals surface area contributed by atoms with Crippen LogP contribution in [0.3, 0.4) is 0 Å². The molecule has 0 saturated carbocycles. The Morgan fingerprint density at radius 3 is 2.75 bits per heavy atom. The molecule has 3 heterocycles. The lowest BCUT2D eigenvalue weighted by Crippen LogP contribution is -2.38. The van der Waals surface area contributed by atoms with Crippen molar-refractivity contribution in [1.29, 1.82) is 0 Å². The molecule has 0 bridgehead atoms. The monoisotopic (exact) mass is 296 g/mol. The number of halogens is 1. The number of hydrogen-bond donors (Lipinski definition) is 1. The molecule has 1 aromatic rings. The highest BCUT2D eigenvalue weighted by atomic mass is 35.5. The molecule has 20 heavy (non-hydrogen) atoms. The minimum Gasteiger partial charge on any atom is -0.317 e. The number of aryl methyl sites for hydroxylation is 2. The zero-order valence-electron chi connectivity index (χ0n) is 12.6. The SMILES string of the molecule is CCc1nn(C)c(Cl)c1CN1CCC2(CCNCC2)C1. The molecule has 0 radical (unpaired) electrons. The first-order valence-corrected chi connectivity index (χ1v) is 8.15. The van der Waals surface area contributed by atoms with Crippen LogP contribution in [0.15, 0.2) is 0 Å². The zero-order chi connectivity index (χ0) is 14.2. The van der Waals surface area contributed by atoms with Crippen molar-refractivity contribution in [2.75, 3.05) is 26.2 Å². The molecule has 4 nitrogen and oxygen atoms in total. The van der Waals surface area contributed by atoms with Crippen LogP contribution in [0.1, 0.15) is 37.4 Å². The van der Waals surface area contributed by atoms with Crippen LogP contribution in [0.4, 0.5) is 0 Å². The Balaban J connectivity index is 1.70. The van der Waals surface area contributed by atoms with Gasteiger partial charge in [0.2, 0.25) is 0 Å². The predicted molar refractivity (Wildman–Crippen MR) is 82.0 cm³/mol. The summed E-state index contributed by atoms with van der Waals surface area (Å²) in [5, 5.41) is 8.81. The minimum absolute atomic E-state index is 0.562. The van der Waals surface area contributed by atoms with Crippen LogP contribution < -0.4 is 5.32 Å². The molecule has 1 aromatic heterocycles. The van der Waals surface area contributed by atoms with Crippen molar-refractivity contribution < 1.29 is 0 Å². The third kappa shape index (κ3) is 2.61. The van der Waals surface area contributed by atoms with Gasteiger partial charge in [-0.2, -0.15) is 5.10 Å². The van der Waals surface area contributed by atoms with E-state index in [1.807, 2.05) is 11.7 Å². The highest BCUT2D eigenvalue weighted by Gasteiger charge is 2.39. The molecule has 0 atom stereocenters. The Morgan fingerprint density at radius 1 is 1.30 bits per heavy atom. The molecule has 112 valence electrons. The Kier molecular flexibility index (Phi) is 4.07. The van der Waals surface area contributed by atoms with Crippen molar-refractivity contribution in [3.05, 3.63) is 16.4 Å². The van der Waals surface area contributed by atoms with Crippen LogP contribution in [0.2, 0.25) is 5.15 Å². The second-order valence-corrected chi connectivity index (χ2v) is 6.76. The van der Waals surface area contributed by atoms with Gasteiger partial charge in [-0.15, -0.1) is 0 Å². The van der Waals surface area contributed by atoms with Crippen molar-refractivity contribution in [2.45, 2.75) is 39.2 Å². The Morgan fingerprint density at radius 2 is 2.05 bits per heavy atom. The lowest BCUT2D eigenvalue weighted by molar-refractivity contribution is 0.194. The van der Waals surface area contributed by atoms with Crippen molar-refractivity contribution >= 4 is 11.6 Å². The second kappa shape index (κ2) is 5.66. The van der Waals surface area contributed by atoms with E-state index in [0.717, 1.165) is 23.8 Å². The first-order chi connectivity index (χ1) is 9.63. The van der Waals surface area contributed by atoms with E-state index < -0.39 is 0 Å². The number of aromatic nitrogens is 2. The minimum atomic E-state index is 0.562. The first kappa shape index (κ1) is 14.4. The molecule has 0 unspecified atom stereocenters. The van der Waals surface area contributed by atoms with Crippen LogP contribution in [-0.2, 0) is 20.0 Å². The van der Waals surface area contributed by atoms with Gasteiger partial charge in [0.25, 0.3) is 0 Å². The summed E-state index contributed by atoms with van der Waals surface area (Å²) in [4.78, 5) is 2.58. The molecule has 0 amide bonds. The van der Waals surface area contributed by atoms with Crippen LogP contribution in [-0.4, -0.2) is 40.9 Å². The summed E-state index contributed by atoms with van der Waals surface area (Å²) >= 11 is 6.41. The summed E-state index contributed by atoms with van der Waals surface area (Å²) in [5.41, 5.74) is 2.96. The van der Waals surface area contributed by atoms with Crippen LogP contribution in [0.5, 0.6) is 0 Å². The van der Waals surface area contributed by atoms with Gasteiger partial charge < -0.3 is 5.32 Å². The summed E-state index contributed by atoms with van der Waals surface area (Å²) in [6.45, 7) is 7.91. The topological polar surface area (TPSA) is 33.1 Å². The third-order valence-electron chi connectivity index (χ3n) is 5.05. The number of nitrogens with one attached hydrogen (secondary N) is 1. The van der Waals surface area contributed by atoms with Gasteiger partial charge in [0.05, 0.1) is 5.69 Å². The van der Waals surface area contributed by atoms with E-state index in [9.17, 15) is 0 Å². The lowest BCUT2D eigenvalue weighted by atomic mass is 9.78. The molecular weight excluding hydrogens is 272 g/mol. The maximum Gasteiger partial charge on any atom is 0.131 e. The molecule has 5 heteroatoms. The van der Waals surface area contributed by atoms with Gasteiger partial charge in [0, 0.05) is 25.7 Å². The number of likely N-dealkylation sites (tertiary alicyclic amines) is 1. The zero-order valence-corrected chi connectivity index (χ0v) is 13.3. The van der Waals surface area contributed by atoms with Gasteiger partial charge in [-0.1, -0.05) is 18.5 Å². The first-order valence-electron chi connectivity index (χ1n) is 7.77. The largest absolute Gasteiger partial charge is 0.317 e. The van der Waals surface area contributed by atoms with Gasteiger partial charge in [0.15, 0.2) is 0 Å². The number of piperidine rings is 1. The van der Waals surface area contributed by atoms with Gasteiger partial charge >= 0.3 is 0 Å². The van der Waals surface area contributed by atoms with Gasteiger partial charge in [0.1, 0.15) is 5.15 Å². The van der Waals surface area contributed by atoms with E-state index in [-0.39, 0.29) is 0 Å². The third-order valence-corrected chi connectivity index (χ3v) is 5.52. The summed E-state index contributed by atoms with van der Waals surface area (Å²) < 4.78 is 1.81. The molecule has 0 aliphatic carbocycles. The fourth-order valence-electron chi connectivity index (χ4n) is 3.79. The van der Waals surface area contributed by atoms with Crippen molar-refractivity contribution in [3.63, 3.8) is 0 Å². The number of hydrogen-bond acceptors (Lipinski definition) is 3. The highest BCUT2D eigenvalue weighted by Crippen LogP contribution is 2.39. The Labute approximate surface area is 126 Å². The fraction of sp³-hybridized carbons (Fsp3) is 0.800. The second-order valence-electron chi connectivity index (χ2n) is 6.40. The van der Waals surface area contributed by atoms with E-state index in [4.69, 9.17) is 11.6 Å². The molecule has 0 aromatic carbocycles. The van der Waals surface area contributed by atoms with Crippen LogP contribution >= 0.6 is 11.6 Å². The molecule has 1 N–H and O–H groups in total. The summed E-state index contributed by atoms with van der Waals surface area (Å²) in [6.07, 6.45) is 4.95. The molecule has 2 fully saturated rings. The maximum absolute atomic E-state index is 6.41. The highest BCUT2D eigenvalue weighted by molar-refractivity contribution is 6.30. The Hall–Kier alpha value is -0.580. The van der Waals surface area contributed by atoms with Gasteiger partial charge in [-0.05, 0) is 50.7 Å². The lowest BCUT2D eigenvalue weighted by Gasteiger charge is -2.33. The average molecular weight is 297 g/mol. The van der Waals surface area contributed by atoms with E-state index in [2.05, 4.69) is 22.2 Å². The van der Waals surface area contributed by atoms with E-state index in [0.29, 0.717) is 5.41 Å². The molecule has 1 spiro atoms. The predicted octanol–water partition coefficient (Wildman–Crippen LogP) is 2.21. The van der Waals surface area contributed by atoms with E-state index >= 15 is 0 Å². The van der Waals surface area contributed by atoms with E-state index in [1.165, 1.54) is 51.0 Å². The van der Waals surface area contributed by atoms with Crippen LogP contribution in [0.25, 0.3) is 0 Å². The van der Waals surface area contributed by atoms with E-state index in [1.54, 1.807) is 0 Å². The fourth-order valence-corrected chi connectivity index (χ4v) is 4.00. The van der Waals surface area contributed by atoms with Crippen molar-refractivity contribution in [1.82, 2.24) is 20.0 Å². The van der Waals surface area contributed by atoms with Crippen molar-refractivity contribution in [3.8, 4) is 0 Å². The van der Waals surface area contributed by atoms with Gasteiger partial charge in [-0.25, -0.2) is 0 Å². The standard InChI is InChI=1S/C15H25ClN4/c1-3-13-12(14(16)19(2)18-13)10-20-9-6-15(11-20)4-7-17-8-5-15/h17H,3-11H2,1-2H3. The smallest absolute Gasteiger partial charge is 0.131 e. The molecule has 2 aliphatic rings. The van der Waals surface area contributed by atoms with Crippen LogP contribution in [0, 0.1) is 5.41 Å². The number of rotatable bonds is 3. The summed E-state index contributed by atoms with van der Waals surface area (Å²) in [7, 11) is 1.93. The Bertz CT molecular complexity index is 476. The van der Waals surface area contributed by atoms with Gasteiger partial charge in [-0.3, -0.25) is 9.58 Å². The summed E-state index contributed by atoms with van der Waals surface area (Å²) in [5.74, 6) is 0. The summed E-state index contributed by atoms with van der Waals surface area (Å²) in [6, 6.07) is 0. The molecule has 2 aliphatic heterocycles. The molecule has 3 rings (SSSR count). The van der Waals surface area contributed by atoms with Crippen molar-refractivity contribution in [2.24, 2.45) is 12.5 Å². The average Bonchev–Trinajstić information content (AvgIpc) is 2.96. The quantitative estimate of drug-likeness (QED) is 0.928. The molecule has 2 saturated heterocycles. The maximum atomic E-state index is 6.41. The molecular formula is C15H25ClN4. The number of nitrogens with zero attached hydrogens (tertiary/aromatic N) is 3.